The molecule has 2 N–H and O–H groups in total. The Morgan fingerprint density at radius 3 is 2.19 bits per heavy atom. The van der Waals surface area contributed by atoms with Crippen molar-refractivity contribution in [2.45, 2.75) is 31.6 Å². The second-order valence-electron chi connectivity index (χ2n) is 7.32. The normalized spacial score (nSPS) is 11.2. The fraction of sp³-hybridized carbons (Fsp3) is 0.227. The number of benzene rings is 2. The Morgan fingerprint density at radius 1 is 0.969 bits per heavy atom. The summed E-state index contributed by atoms with van der Waals surface area (Å²) in [7, 11) is -2.37. The van der Waals surface area contributed by atoms with Gasteiger partial charge in [-0.05, 0) is 50.2 Å². The first-order chi connectivity index (χ1) is 15.1. The number of sulfonamides is 1. The van der Waals surface area contributed by atoms with Crippen LogP contribution in [0.15, 0.2) is 64.3 Å². The van der Waals surface area contributed by atoms with Gasteiger partial charge in [0.15, 0.2) is 0 Å². The zero-order valence-corrected chi connectivity index (χ0v) is 18.8. The predicted molar refractivity (Wildman–Crippen MR) is 122 cm³/mol. The molecule has 1 amide bonds. The Hall–Kier alpha value is -3.66. The summed E-state index contributed by atoms with van der Waals surface area (Å²) in [6.45, 7) is 3.06. The number of nitrogens with one attached hydrogen (secondary N) is 2. The maximum Gasteiger partial charge on any atom is 0.296 e. The highest BCUT2D eigenvalue weighted by Gasteiger charge is 2.22. The molecule has 0 unspecified atom stereocenters. The zero-order valence-electron chi connectivity index (χ0n) is 18.0. The lowest BCUT2D eigenvalue weighted by Crippen LogP contribution is -2.23. The fourth-order valence-corrected chi connectivity index (χ4v) is 4.23. The lowest BCUT2D eigenvalue weighted by Gasteiger charge is -2.09. The van der Waals surface area contributed by atoms with Crippen molar-refractivity contribution in [3.63, 3.8) is 0 Å². The standard InChI is InChI=1S/C22H24N4O5S/c1-15(27)9-14-20(28)23-17-10-12-19(13-11-17)32(30,31)24-21-16(2)25(3)26(22(21)29)18-7-5-4-6-8-18/h4-8,10-13,24H,9,14H2,1-3H3,(H,23,28). The number of carbonyl (C=O) groups excluding carboxylic acids is 2. The molecule has 3 aromatic rings. The number of aromatic nitrogens is 2. The molecule has 0 saturated heterocycles. The highest BCUT2D eigenvalue weighted by atomic mass is 32.2. The Balaban J connectivity index is 1.82. The highest BCUT2D eigenvalue weighted by Crippen LogP contribution is 2.20. The first-order valence-corrected chi connectivity index (χ1v) is 11.3. The largest absolute Gasteiger partial charge is 0.326 e. The molecule has 0 spiro atoms. The molecule has 1 aromatic heterocycles. The minimum absolute atomic E-state index is 0.0436. The monoisotopic (exact) mass is 456 g/mol. The van der Waals surface area contributed by atoms with E-state index >= 15 is 0 Å². The van der Waals surface area contributed by atoms with Crippen LogP contribution >= 0.6 is 0 Å². The van der Waals surface area contributed by atoms with Crippen molar-refractivity contribution < 1.29 is 18.0 Å². The van der Waals surface area contributed by atoms with Gasteiger partial charge in [-0.25, -0.2) is 13.1 Å². The Kier molecular flexibility index (Phi) is 6.64. The molecular formula is C22H24N4O5S. The van der Waals surface area contributed by atoms with Crippen molar-refractivity contribution in [3.05, 3.63) is 70.6 Å². The minimum atomic E-state index is -4.04. The SMILES string of the molecule is CC(=O)CCC(=O)Nc1ccc(S(=O)(=O)Nc2c(C)n(C)n(-c3ccccc3)c2=O)cc1. The van der Waals surface area contributed by atoms with Gasteiger partial charge in [-0.15, -0.1) is 0 Å². The number of hydrogen-bond donors (Lipinski definition) is 2. The van der Waals surface area contributed by atoms with E-state index in [1.807, 2.05) is 6.07 Å². The van der Waals surface area contributed by atoms with Gasteiger partial charge in [0, 0.05) is 25.6 Å². The third kappa shape index (κ3) is 4.97. The van der Waals surface area contributed by atoms with E-state index < -0.39 is 15.6 Å². The molecule has 0 aliphatic carbocycles. The van der Waals surface area contributed by atoms with Gasteiger partial charge in [0.2, 0.25) is 5.91 Å². The maximum absolute atomic E-state index is 12.9. The van der Waals surface area contributed by atoms with Crippen molar-refractivity contribution in [2.24, 2.45) is 7.05 Å². The Morgan fingerprint density at radius 2 is 1.59 bits per heavy atom. The van der Waals surface area contributed by atoms with E-state index in [1.54, 1.807) is 42.9 Å². The third-order valence-corrected chi connectivity index (χ3v) is 6.31. The number of para-hydroxylation sites is 1. The van der Waals surface area contributed by atoms with Crippen LogP contribution in [-0.2, 0) is 26.7 Å². The smallest absolute Gasteiger partial charge is 0.296 e. The Labute approximate surface area is 185 Å². The van der Waals surface area contributed by atoms with E-state index in [0.717, 1.165) is 0 Å². The van der Waals surface area contributed by atoms with Crippen molar-refractivity contribution in [1.29, 1.82) is 0 Å². The van der Waals surface area contributed by atoms with Gasteiger partial charge in [-0.1, -0.05) is 18.2 Å². The average molecular weight is 457 g/mol. The van der Waals surface area contributed by atoms with Gasteiger partial charge in [0.25, 0.3) is 15.6 Å². The molecule has 3 rings (SSSR count). The van der Waals surface area contributed by atoms with Gasteiger partial charge < -0.3 is 10.1 Å². The first kappa shape index (κ1) is 23.0. The molecule has 0 bridgehead atoms. The summed E-state index contributed by atoms with van der Waals surface area (Å²) in [5, 5.41) is 2.61. The molecule has 0 fully saturated rings. The van der Waals surface area contributed by atoms with E-state index in [9.17, 15) is 22.8 Å². The lowest BCUT2D eigenvalue weighted by molar-refractivity contribution is -0.121. The maximum atomic E-state index is 12.9. The number of rotatable bonds is 8. The van der Waals surface area contributed by atoms with Crippen LogP contribution in [0.5, 0.6) is 0 Å². The Bertz CT molecular complexity index is 1310. The third-order valence-electron chi connectivity index (χ3n) is 4.94. The van der Waals surface area contributed by atoms with Crippen LogP contribution in [0.4, 0.5) is 11.4 Å². The number of carbonyl (C=O) groups is 2. The van der Waals surface area contributed by atoms with E-state index in [1.165, 1.54) is 35.9 Å². The topological polar surface area (TPSA) is 119 Å². The molecule has 1 heterocycles. The molecule has 32 heavy (non-hydrogen) atoms. The van der Waals surface area contributed by atoms with E-state index in [4.69, 9.17) is 0 Å². The van der Waals surface area contributed by atoms with Crippen molar-refractivity contribution in [1.82, 2.24) is 9.36 Å². The number of Topliss-reactive ketones (excluding diaryl/α,β-unsaturated/α-hetero) is 1. The van der Waals surface area contributed by atoms with Crippen LogP contribution in [0.3, 0.4) is 0 Å². The van der Waals surface area contributed by atoms with E-state index in [-0.39, 0.29) is 35.1 Å². The number of ketones is 1. The summed E-state index contributed by atoms with van der Waals surface area (Å²) >= 11 is 0. The van der Waals surface area contributed by atoms with Gasteiger partial charge in [0.05, 0.1) is 16.3 Å². The summed E-state index contributed by atoms with van der Waals surface area (Å²) in [5.41, 5.74) is 0.933. The van der Waals surface area contributed by atoms with Crippen LogP contribution in [0.1, 0.15) is 25.5 Å². The zero-order chi connectivity index (χ0) is 23.5. The fourth-order valence-electron chi connectivity index (χ4n) is 3.11. The average Bonchev–Trinajstić information content (AvgIpc) is 2.96. The highest BCUT2D eigenvalue weighted by molar-refractivity contribution is 7.92. The molecule has 168 valence electrons. The number of amides is 1. The van der Waals surface area contributed by atoms with Crippen LogP contribution in [0.25, 0.3) is 5.69 Å². The minimum Gasteiger partial charge on any atom is -0.326 e. The van der Waals surface area contributed by atoms with Crippen molar-refractivity contribution in [2.75, 3.05) is 10.0 Å². The lowest BCUT2D eigenvalue weighted by atomic mass is 10.2. The molecule has 0 radical (unpaired) electrons. The van der Waals surface area contributed by atoms with Crippen molar-refractivity contribution >= 4 is 33.1 Å². The summed E-state index contributed by atoms with van der Waals surface area (Å²) in [4.78, 5) is 35.7. The van der Waals surface area contributed by atoms with Gasteiger partial charge >= 0.3 is 0 Å². The number of hydrogen-bond acceptors (Lipinski definition) is 5. The van der Waals surface area contributed by atoms with Crippen LogP contribution in [-0.4, -0.2) is 29.5 Å². The van der Waals surface area contributed by atoms with E-state index in [2.05, 4.69) is 10.0 Å². The number of nitrogens with zero attached hydrogens (tertiary/aromatic N) is 2. The molecule has 0 atom stereocenters. The first-order valence-electron chi connectivity index (χ1n) is 9.86. The molecule has 2 aromatic carbocycles. The molecule has 10 heteroatoms. The second-order valence-corrected chi connectivity index (χ2v) is 9.00. The summed E-state index contributed by atoms with van der Waals surface area (Å²) in [5.74, 6) is -0.425. The van der Waals surface area contributed by atoms with E-state index in [0.29, 0.717) is 17.1 Å². The predicted octanol–water partition coefficient (Wildman–Crippen LogP) is 2.59. The summed E-state index contributed by atoms with van der Waals surface area (Å²) in [6.07, 6.45) is 0.192. The molecule has 0 aliphatic heterocycles. The van der Waals surface area contributed by atoms with Gasteiger partial charge in [0.1, 0.15) is 11.5 Å². The van der Waals surface area contributed by atoms with Crippen molar-refractivity contribution in [3.8, 4) is 5.69 Å². The summed E-state index contributed by atoms with van der Waals surface area (Å²) < 4.78 is 31.1. The van der Waals surface area contributed by atoms with Gasteiger partial charge in [-0.3, -0.25) is 19.0 Å². The van der Waals surface area contributed by atoms with Gasteiger partial charge in [-0.2, -0.15) is 0 Å². The molecular weight excluding hydrogens is 432 g/mol. The van der Waals surface area contributed by atoms with Crippen LogP contribution < -0.4 is 15.6 Å². The quantitative estimate of drug-likeness (QED) is 0.540. The number of anilines is 2. The second kappa shape index (κ2) is 9.23. The molecule has 9 nitrogen and oxygen atoms in total. The molecule has 0 saturated carbocycles. The summed E-state index contributed by atoms with van der Waals surface area (Å²) in [6, 6.07) is 14.5. The molecule has 0 aliphatic rings. The van der Waals surface area contributed by atoms with Crippen LogP contribution in [0.2, 0.25) is 0 Å². The van der Waals surface area contributed by atoms with Crippen LogP contribution in [0, 0.1) is 6.92 Å².